The van der Waals surface area contributed by atoms with Crippen LogP contribution in [-0.4, -0.2) is 41.6 Å². The van der Waals surface area contributed by atoms with Crippen LogP contribution in [0.25, 0.3) is 0 Å². The van der Waals surface area contributed by atoms with Crippen molar-refractivity contribution in [2.24, 2.45) is 5.92 Å². The molecule has 1 aromatic rings. The van der Waals surface area contributed by atoms with Crippen LogP contribution < -0.4 is 5.32 Å². The van der Waals surface area contributed by atoms with E-state index in [0.717, 1.165) is 22.9 Å². The fraction of sp³-hybridized carbons (Fsp3) is 0.500. The van der Waals surface area contributed by atoms with E-state index in [1.54, 1.807) is 14.0 Å². The third-order valence-corrected chi connectivity index (χ3v) is 4.33. The van der Waals surface area contributed by atoms with Crippen LogP contribution in [0.3, 0.4) is 0 Å². The lowest BCUT2D eigenvalue weighted by atomic mass is 10.0. The van der Waals surface area contributed by atoms with Crippen LogP contribution in [0.5, 0.6) is 0 Å². The van der Waals surface area contributed by atoms with Gasteiger partial charge in [0.25, 0.3) is 0 Å². The molecular weight excluding hydrogens is 348 g/mol. The molecule has 2 N–H and O–H groups in total. The van der Waals surface area contributed by atoms with Gasteiger partial charge >= 0.3 is 12.0 Å². The Morgan fingerprint density at radius 3 is 2.55 bits per heavy atom. The summed E-state index contributed by atoms with van der Waals surface area (Å²) in [6.07, 6.45) is 1.53. The van der Waals surface area contributed by atoms with Crippen molar-refractivity contribution in [1.82, 2.24) is 10.2 Å². The lowest BCUT2D eigenvalue weighted by Crippen LogP contribution is -2.45. The van der Waals surface area contributed by atoms with Crippen LogP contribution in [0.1, 0.15) is 25.8 Å². The first-order valence-electron chi connectivity index (χ1n) is 7.33. The van der Waals surface area contributed by atoms with Gasteiger partial charge < -0.3 is 15.3 Å². The summed E-state index contributed by atoms with van der Waals surface area (Å²) in [6.45, 7) is 3.79. The van der Waals surface area contributed by atoms with Crippen LogP contribution in [0.4, 0.5) is 4.79 Å². The second kappa shape index (κ2) is 8.78. The molecule has 122 valence electrons. The molecule has 0 fully saturated rings. The van der Waals surface area contributed by atoms with Gasteiger partial charge in [-0.1, -0.05) is 48.0 Å². The molecule has 22 heavy (non-hydrogen) atoms. The lowest BCUT2D eigenvalue weighted by Gasteiger charge is -2.24. The minimum absolute atomic E-state index is 0.00813. The molecule has 0 aliphatic carbocycles. The fourth-order valence-electron chi connectivity index (χ4n) is 2.08. The van der Waals surface area contributed by atoms with Gasteiger partial charge in [-0.15, -0.1) is 0 Å². The van der Waals surface area contributed by atoms with Crippen molar-refractivity contribution in [3.8, 4) is 0 Å². The second-order valence-electron chi connectivity index (χ2n) is 5.47. The minimum Gasteiger partial charge on any atom is -0.481 e. The van der Waals surface area contributed by atoms with Crippen molar-refractivity contribution in [3.63, 3.8) is 0 Å². The number of carboxylic acid groups (broad SMARTS) is 1. The third-order valence-electron chi connectivity index (χ3n) is 3.56. The monoisotopic (exact) mass is 370 g/mol. The summed E-state index contributed by atoms with van der Waals surface area (Å²) in [5.74, 6) is -1.49. The number of hydrogen-bond donors (Lipinski definition) is 2. The summed E-state index contributed by atoms with van der Waals surface area (Å²) in [4.78, 5) is 24.4. The molecule has 5 nitrogen and oxygen atoms in total. The van der Waals surface area contributed by atoms with Crippen molar-refractivity contribution in [1.29, 1.82) is 0 Å². The summed E-state index contributed by atoms with van der Waals surface area (Å²) >= 11 is 3.51. The number of benzene rings is 1. The van der Waals surface area contributed by atoms with Gasteiger partial charge in [0.05, 0.1) is 5.92 Å². The highest BCUT2D eigenvalue weighted by atomic mass is 79.9. The summed E-state index contributed by atoms with van der Waals surface area (Å²) in [7, 11) is 1.61. The molecule has 2 amide bonds. The predicted molar refractivity (Wildman–Crippen MR) is 89.9 cm³/mol. The number of nitrogens with one attached hydrogen (secondary N) is 1. The smallest absolute Gasteiger partial charge is 0.317 e. The molecule has 2 unspecified atom stereocenters. The molecule has 6 heteroatoms. The first kappa shape index (κ1) is 18.5. The summed E-state index contributed by atoms with van der Waals surface area (Å²) in [5.41, 5.74) is 1.14. The quantitative estimate of drug-likeness (QED) is 0.774. The number of hydrogen-bond acceptors (Lipinski definition) is 2. The molecule has 0 heterocycles. The van der Waals surface area contributed by atoms with E-state index in [4.69, 9.17) is 5.11 Å². The molecule has 1 aromatic carbocycles. The molecule has 2 atom stereocenters. The van der Waals surface area contributed by atoms with Gasteiger partial charge in [-0.05, 0) is 24.5 Å². The van der Waals surface area contributed by atoms with Crippen molar-refractivity contribution in [2.75, 3.05) is 13.6 Å². The lowest BCUT2D eigenvalue weighted by molar-refractivity contribution is -0.141. The van der Waals surface area contributed by atoms with E-state index in [1.165, 1.54) is 4.90 Å². The average Bonchev–Trinajstić information content (AvgIpc) is 2.48. The Kier molecular flexibility index (Phi) is 7.38. The maximum Gasteiger partial charge on any atom is 0.317 e. The zero-order chi connectivity index (χ0) is 16.7. The van der Waals surface area contributed by atoms with Crippen molar-refractivity contribution < 1.29 is 14.7 Å². The van der Waals surface area contributed by atoms with E-state index in [2.05, 4.69) is 21.2 Å². The first-order chi connectivity index (χ1) is 10.3. The van der Waals surface area contributed by atoms with Gasteiger partial charge in [0.15, 0.2) is 0 Å². The number of urea groups is 1. The van der Waals surface area contributed by atoms with Gasteiger partial charge in [0.1, 0.15) is 0 Å². The molecule has 0 saturated heterocycles. The first-order valence-corrected chi connectivity index (χ1v) is 8.12. The molecule has 0 spiro atoms. The molecule has 0 radical (unpaired) electrons. The average molecular weight is 371 g/mol. The second-order valence-corrected chi connectivity index (χ2v) is 6.32. The van der Waals surface area contributed by atoms with E-state index in [-0.39, 0.29) is 18.6 Å². The van der Waals surface area contributed by atoms with Crippen LogP contribution in [-0.2, 0) is 11.2 Å². The Balaban J connectivity index is 2.60. The van der Waals surface area contributed by atoms with Gasteiger partial charge in [-0.3, -0.25) is 4.79 Å². The topological polar surface area (TPSA) is 69.6 Å². The maximum absolute atomic E-state index is 12.2. The molecule has 0 aromatic heterocycles. The molecule has 0 aliphatic heterocycles. The van der Waals surface area contributed by atoms with E-state index in [0.29, 0.717) is 0 Å². The van der Waals surface area contributed by atoms with E-state index >= 15 is 0 Å². The van der Waals surface area contributed by atoms with Gasteiger partial charge in [-0.2, -0.15) is 0 Å². The van der Waals surface area contributed by atoms with Crippen molar-refractivity contribution in [3.05, 3.63) is 34.3 Å². The van der Waals surface area contributed by atoms with E-state index < -0.39 is 11.9 Å². The Hall–Kier alpha value is -1.56. The van der Waals surface area contributed by atoms with E-state index in [9.17, 15) is 9.59 Å². The Labute approximate surface area is 139 Å². The highest BCUT2D eigenvalue weighted by Gasteiger charge is 2.19. The fourth-order valence-corrected chi connectivity index (χ4v) is 2.53. The molecular formula is C16H23BrN2O3. The number of rotatable bonds is 7. The largest absolute Gasteiger partial charge is 0.481 e. The Morgan fingerprint density at radius 1 is 1.36 bits per heavy atom. The Morgan fingerprint density at radius 2 is 2.00 bits per heavy atom. The summed E-state index contributed by atoms with van der Waals surface area (Å²) in [6, 6.07) is 7.68. The number of carboxylic acids is 1. The Bertz CT molecular complexity index is 522. The molecule has 0 saturated carbocycles. The van der Waals surface area contributed by atoms with Gasteiger partial charge in [0.2, 0.25) is 0 Å². The molecule has 0 aliphatic rings. The molecule has 0 bridgehead atoms. The van der Waals surface area contributed by atoms with Crippen LogP contribution in [0, 0.1) is 5.92 Å². The standard InChI is InChI=1S/C16H23BrN2O3/c1-4-13(9-12-7-5-6-8-14(12)17)18-16(22)19(3)10-11(2)15(20)21/h5-8,11,13H,4,9-10H2,1-3H3,(H,18,22)(H,20,21). The number of aliphatic carboxylic acids is 1. The van der Waals surface area contributed by atoms with Crippen molar-refractivity contribution in [2.45, 2.75) is 32.7 Å². The number of carbonyl (C=O) groups excluding carboxylic acids is 1. The highest BCUT2D eigenvalue weighted by molar-refractivity contribution is 9.10. The number of carbonyl (C=O) groups is 2. The third kappa shape index (κ3) is 5.67. The van der Waals surface area contributed by atoms with Gasteiger partial charge in [-0.25, -0.2) is 4.79 Å². The summed E-state index contributed by atoms with van der Waals surface area (Å²) in [5, 5.41) is 11.9. The molecule has 1 rings (SSSR count). The van der Waals surface area contributed by atoms with Crippen molar-refractivity contribution >= 4 is 27.9 Å². The zero-order valence-electron chi connectivity index (χ0n) is 13.2. The highest BCUT2D eigenvalue weighted by Crippen LogP contribution is 2.18. The summed E-state index contributed by atoms with van der Waals surface area (Å²) < 4.78 is 1.02. The van der Waals surface area contributed by atoms with Gasteiger partial charge in [0, 0.05) is 24.1 Å². The SMILES string of the molecule is CCC(Cc1ccccc1Br)NC(=O)N(C)CC(C)C(=O)O. The number of amides is 2. The van der Waals surface area contributed by atoms with E-state index in [1.807, 2.05) is 31.2 Å². The van der Waals surface area contributed by atoms with Crippen LogP contribution in [0.2, 0.25) is 0 Å². The van der Waals surface area contributed by atoms with Crippen LogP contribution >= 0.6 is 15.9 Å². The normalized spacial score (nSPS) is 13.3. The number of halogens is 1. The predicted octanol–water partition coefficient (Wildman–Crippen LogP) is 3.13. The maximum atomic E-state index is 12.2. The zero-order valence-corrected chi connectivity index (χ0v) is 14.8. The van der Waals surface area contributed by atoms with Crippen LogP contribution in [0.15, 0.2) is 28.7 Å². The minimum atomic E-state index is -0.903. The number of nitrogens with zero attached hydrogens (tertiary/aromatic N) is 1.